The van der Waals surface area contributed by atoms with Gasteiger partial charge in [0, 0.05) is 16.4 Å². The van der Waals surface area contributed by atoms with Crippen molar-refractivity contribution in [2.24, 2.45) is 4.40 Å². The lowest BCUT2D eigenvalue weighted by Crippen LogP contribution is -2.25. The summed E-state index contributed by atoms with van der Waals surface area (Å²) in [5.41, 5.74) is 0.904. The van der Waals surface area contributed by atoms with Gasteiger partial charge < -0.3 is 4.90 Å². The molecule has 15 heavy (non-hydrogen) atoms. The highest BCUT2D eigenvalue weighted by atomic mass is 79.9. The second kappa shape index (κ2) is 4.72. The van der Waals surface area contributed by atoms with Gasteiger partial charge in [-0.25, -0.2) is 8.79 Å². The predicted molar refractivity (Wildman–Crippen MR) is 66.8 cm³/mol. The Morgan fingerprint density at radius 1 is 1.53 bits per heavy atom. The van der Waals surface area contributed by atoms with E-state index in [4.69, 9.17) is 11.6 Å². The van der Waals surface area contributed by atoms with E-state index in [0.29, 0.717) is 11.6 Å². The summed E-state index contributed by atoms with van der Waals surface area (Å²) < 4.78 is 17.2. The molecule has 80 valence electrons. The van der Waals surface area contributed by atoms with E-state index in [2.05, 4.69) is 20.3 Å². The number of alkyl halides is 1. The number of benzene rings is 1. The first-order valence-corrected chi connectivity index (χ1v) is 6.19. The minimum absolute atomic E-state index is 0.301. The molecule has 1 aliphatic rings. The van der Waals surface area contributed by atoms with E-state index in [1.807, 2.05) is 12.1 Å². The van der Waals surface area contributed by atoms with Crippen molar-refractivity contribution in [2.75, 3.05) is 18.1 Å². The Hall–Kier alpha value is -0.260. The van der Waals surface area contributed by atoms with Crippen LogP contribution in [0, 0.1) is 0 Å². The Balaban J connectivity index is 2.41. The summed E-state index contributed by atoms with van der Waals surface area (Å²) in [6.07, 6.45) is 1.62. The largest absolute Gasteiger partial charge is 0.328 e. The number of hydrogen-bond acceptors (Lipinski definition) is 3. The van der Waals surface area contributed by atoms with Crippen molar-refractivity contribution < 1.29 is 4.39 Å². The van der Waals surface area contributed by atoms with Crippen molar-refractivity contribution in [3.05, 3.63) is 21.6 Å². The maximum absolute atomic E-state index is 12.3. The first-order valence-electron chi connectivity index (χ1n) is 4.24. The smallest absolute Gasteiger partial charge is 0.107 e. The van der Waals surface area contributed by atoms with E-state index in [-0.39, 0.29) is 0 Å². The van der Waals surface area contributed by atoms with Crippen LogP contribution in [0.3, 0.4) is 0 Å². The van der Waals surface area contributed by atoms with Crippen LogP contribution in [-0.2, 0) is 0 Å². The van der Waals surface area contributed by atoms with E-state index in [1.165, 1.54) is 11.9 Å². The topological polar surface area (TPSA) is 15.6 Å². The zero-order chi connectivity index (χ0) is 10.8. The third-order valence-electron chi connectivity index (χ3n) is 1.97. The van der Waals surface area contributed by atoms with E-state index >= 15 is 0 Å². The number of hydrogen-bond donors (Lipinski definition) is 0. The number of nitrogens with zero attached hydrogens (tertiary/aromatic N) is 2. The number of fused-ring (bicyclic) bond motifs is 1. The molecule has 0 unspecified atom stereocenters. The molecule has 0 saturated carbocycles. The Morgan fingerprint density at radius 3 is 3.07 bits per heavy atom. The highest BCUT2D eigenvalue weighted by Gasteiger charge is 2.16. The molecule has 0 bridgehead atoms. The first kappa shape index (κ1) is 11.2. The van der Waals surface area contributed by atoms with Crippen LogP contribution in [0.4, 0.5) is 10.1 Å². The molecular weight excluding hydrogens is 303 g/mol. The zero-order valence-corrected chi connectivity index (χ0v) is 10.7. The summed E-state index contributed by atoms with van der Waals surface area (Å²) in [4.78, 5) is 2.73. The third-order valence-corrected chi connectivity index (χ3v) is 3.89. The van der Waals surface area contributed by atoms with Gasteiger partial charge in [0.1, 0.15) is 13.0 Å². The van der Waals surface area contributed by atoms with Crippen molar-refractivity contribution in [2.45, 2.75) is 4.90 Å². The van der Waals surface area contributed by atoms with Crippen LogP contribution in [0.15, 0.2) is 25.9 Å². The minimum atomic E-state index is -0.413. The highest BCUT2D eigenvalue weighted by Crippen LogP contribution is 2.39. The lowest BCUT2D eigenvalue weighted by atomic mass is 10.3. The number of anilines is 1. The van der Waals surface area contributed by atoms with Crippen LogP contribution in [0.2, 0.25) is 5.02 Å². The fraction of sp³-hybridized carbons (Fsp3) is 0.222. The fourth-order valence-corrected chi connectivity index (χ4v) is 2.65. The molecule has 0 radical (unpaired) electrons. The van der Waals surface area contributed by atoms with Gasteiger partial charge in [-0.15, -0.1) is 0 Å². The van der Waals surface area contributed by atoms with E-state index in [0.717, 1.165) is 15.1 Å². The third kappa shape index (κ3) is 2.29. The molecule has 2 nitrogen and oxygen atoms in total. The molecular formula is C9H7BrClFN2S. The highest BCUT2D eigenvalue weighted by molar-refractivity contribution is 9.10. The second-order valence-electron chi connectivity index (χ2n) is 2.93. The molecule has 0 spiro atoms. The normalized spacial score (nSPS) is 14.2. The standard InChI is InChI=1S/C9H7BrClFN2S/c10-6-3-9-8(4-7(6)11)14(2-1-12)5-13-15-9/h3-5H,1-2H2. The average Bonchev–Trinajstić information content (AvgIpc) is 2.21. The molecule has 1 aromatic rings. The average molecular weight is 310 g/mol. The molecule has 0 N–H and O–H groups in total. The van der Waals surface area contributed by atoms with Crippen LogP contribution >= 0.6 is 39.5 Å². The van der Waals surface area contributed by atoms with Crippen molar-refractivity contribution in [1.82, 2.24) is 0 Å². The van der Waals surface area contributed by atoms with Gasteiger partial charge in [-0.05, 0) is 28.1 Å². The molecule has 1 aromatic carbocycles. The van der Waals surface area contributed by atoms with Gasteiger partial charge in [0.2, 0.25) is 0 Å². The van der Waals surface area contributed by atoms with Gasteiger partial charge in [0.25, 0.3) is 0 Å². The summed E-state index contributed by atoms with van der Waals surface area (Å²) in [5, 5.41) is 0.619. The summed E-state index contributed by atoms with van der Waals surface area (Å²) in [6, 6.07) is 3.71. The van der Waals surface area contributed by atoms with Crippen LogP contribution < -0.4 is 4.90 Å². The molecule has 0 fully saturated rings. The van der Waals surface area contributed by atoms with E-state index in [9.17, 15) is 4.39 Å². The Morgan fingerprint density at radius 2 is 2.33 bits per heavy atom. The molecule has 1 aliphatic heterocycles. The molecule has 0 aliphatic carbocycles. The van der Waals surface area contributed by atoms with Gasteiger partial charge in [0.15, 0.2) is 0 Å². The Labute approximate surface area is 105 Å². The Bertz CT molecular complexity index is 413. The fourth-order valence-electron chi connectivity index (χ4n) is 1.28. The maximum atomic E-state index is 12.3. The first-order chi connectivity index (χ1) is 7.22. The van der Waals surface area contributed by atoms with Crippen molar-refractivity contribution in [3.8, 4) is 0 Å². The van der Waals surface area contributed by atoms with Gasteiger partial charge in [0.05, 0.1) is 22.2 Å². The SMILES string of the molecule is FCCN1C=NSc2cc(Br)c(Cl)cc21. The van der Waals surface area contributed by atoms with Crippen LogP contribution in [0.1, 0.15) is 0 Å². The Kier molecular flexibility index (Phi) is 3.53. The van der Waals surface area contributed by atoms with E-state index in [1.54, 1.807) is 11.2 Å². The van der Waals surface area contributed by atoms with Crippen molar-refractivity contribution in [1.29, 1.82) is 0 Å². The van der Waals surface area contributed by atoms with Crippen LogP contribution in [-0.4, -0.2) is 19.6 Å². The zero-order valence-electron chi connectivity index (χ0n) is 7.58. The lowest BCUT2D eigenvalue weighted by Gasteiger charge is -2.24. The van der Waals surface area contributed by atoms with Gasteiger partial charge in [-0.3, -0.25) is 0 Å². The number of halogens is 3. The van der Waals surface area contributed by atoms with Gasteiger partial charge in [-0.2, -0.15) is 0 Å². The number of rotatable bonds is 2. The summed E-state index contributed by atoms with van der Waals surface area (Å²) in [6.45, 7) is -0.112. The summed E-state index contributed by atoms with van der Waals surface area (Å²) >= 11 is 10.7. The van der Waals surface area contributed by atoms with Crippen molar-refractivity contribution >= 4 is 51.5 Å². The molecule has 0 atom stereocenters. The molecule has 1 heterocycles. The molecule has 0 amide bonds. The van der Waals surface area contributed by atoms with Gasteiger partial charge >= 0.3 is 0 Å². The molecule has 2 rings (SSSR count). The second-order valence-corrected chi connectivity index (χ2v) is 5.02. The molecule has 6 heteroatoms. The quantitative estimate of drug-likeness (QED) is 0.769. The van der Waals surface area contributed by atoms with E-state index < -0.39 is 6.67 Å². The van der Waals surface area contributed by atoms with Crippen molar-refractivity contribution in [3.63, 3.8) is 0 Å². The summed E-state index contributed by atoms with van der Waals surface area (Å²) in [5.74, 6) is 0. The molecule has 0 saturated heterocycles. The van der Waals surface area contributed by atoms with Gasteiger partial charge in [-0.1, -0.05) is 11.6 Å². The lowest BCUT2D eigenvalue weighted by molar-refractivity contribution is 0.503. The van der Waals surface area contributed by atoms with Crippen LogP contribution in [0.25, 0.3) is 0 Å². The van der Waals surface area contributed by atoms with Crippen LogP contribution in [0.5, 0.6) is 0 Å². The minimum Gasteiger partial charge on any atom is -0.328 e. The maximum Gasteiger partial charge on any atom is 0.107 e. The predicted octanol–water partition coefficient (Wildman–Crippen LogP) is 3.93. The monoisotopic (exact) mass is 308 g/mol. The molecule has 0 aromatic heterocycles. The summed E-state index contributed by atoms with van der Waals surface area (Å²) in [7, 11) is 0.